The fourth-order valence-electron chi connectivity index (χ4n) is 5.67. The molecule has 2 bridgehead atoms. The number of morpholine rings is 1. The highest BCUT2D eigenvalue weighted by molar-refractivity contribution is 5.88. The number of carbonyl (C=O) groups excluding carboxylic acids is 1. The minimum atomic E-state index is -0.239. The molecule has 3 heterocycles. The lowest BCUT2D eigenvalue weighted by atomic mass is 9.86. The fraction of sp³-hybridized carbons (Fsp3) is 0.400. The Balaban J connectivity index is 1.30. The van der Waals surface area contributed by atoms with Crippen LogP contribution in [0, 0.1) is 17.8 Å². The number of benzene rings is 1. The predicted molar refractivity (Wildman–Crippen MR) is 128 cm³/mol. The van der Waals surface area contributed by atoms with Gasteiger partial charge in [-0.1, -0.05) is 24.3 Å². The lowest BCUT2D eigenvalue weighted by Crippen LogP contribution is -2.36. The van der Waals surface area contributed by atoms with Crippen LogP contribution in [0.2, 0.25) is 0 Å². The maximum Gasteiger partial charge on any atom is 0.217 e. The number of anilines is 2. The number of amides is 1. The number of pyridine rings is 1. The minimum absolute atomic E-state index is 0.175. The SMILES string of the molecule is NC(=O)CC1C2C=CC(C2)C1Nc1ccnc2nc(-c3cccc(N4CCOCC4)c3)[nH]c12. The van der Waals surface area contributed by atoms with E-state index < -0.39 is 0 Å². The summed E-state index contributed by atoms with van der Waals surface area (Å²) >= 11 is 0. The molecule has 1 amide bonds. The maximum atomic E-state index is 11.7. The molecule has 3 aromatic rings. The first-order chi connectivity index (χ1) is 16.2. The monoisotopic (exact) mass is 444 g/mol. The third-order valence-corrected chi connectivity index (χ3v) is 7.27. The van der Waals surface area contributed by atoms with E-state index in [9.17, 15) is 4.79 Å². The van der Waals surface area contributed by atoms with E-state index in [-0.39, 0.29) is 17.9 Å². The van der Waals surface area contributed by atoms with Crippen LogP contribution in [-0.4, -0.2) is 53.2 Å². The molecule has 4 N–H and O–H groups in total. The predicted octanol–water partition coefficient (Wildman–Crippen LogP) is 2.94. The number of fused-ring (bicyclic) bond motifs is 3. The van der Waals surface area contributed by atoms with Crippen molar-refractivity contribution in [3.8, 4) is 11.4 Å². The summed E-state index contributed by atoms with van der Waals surface area (Å²) in [6.07, 6.45) is 7.78. The Kier molecular flexibility index (Phi) is 5.02. The number of primary amides is 1. The molecular formula is C25H28N6O2. The van der Waals surface area contributed by atoms with Crippen molar-refractivity contribution >= 4 is 28.4 Å². The van der Waals surface area contributed by atoms with Crippen molar-refractivity contribution in [2.24, 2.45) is 23.5 Å². The van der Waals surface area contributed by atoms with Crippen molar-refractivity contribution in [1.29, 1.82) is 0 Å². The molecule has 0 spiro atoms. The molecule has 1 saturated carbocycles. The molecule has 8 heteroatoms. The average Bonchev–Trinajstić information content (AvgIpc) is 3.56. The number of hydrogen-bond donors (Lipinski definition) is 3. The first-order valence-corrected chi connectivity index (χ1v) is 11.7. The number of nitrogens with zero attached hydrogens (tertiary/aromatic N) is 3. The maximum absolute atomic E-state index is 11.7. The molecule has 33 heavy (non-hydrogen) atoms. The standard InChI is InChI=1S/C25H28N6O2/c26-21(32)14-19-15-4-5-16(12-15)22(19)28-20-6-7-27-25-23(20)29-24(30-25)17-2-1-3-18(13-17)31-8-10-33-11-9-31/h1-7,13,15-16,19,22H,8-12,14H2,(H2,26,32)(H2,27,28,29,30). The fourth-order valence-corrected chi connectivity index (χ4v) is 5.67. The Bertz CT molecular complexity index is 1210. The van der Waals surface area contributed by atoms with Gasteiger partial charge in [0.05, 0.1) is 18.9 Å². The Morgan fingerprint density at radius 2 is 2.06 bits per heavy atom. The molecule has 1 aliphatic heterocycles. The Labute approximate surface area is 192 Å². The van der Waals surface area contributed by atoms with E-state index in [4.69, 9.17) is 15.5 Å². The summed E-state index contributed by atoms with van der Waals surface area (Å²) in [5.74, 6) is 1.60. The van der Waals surface area contributed by atoms with Crippen molar-refractivity contribution in [3.05, 3.63) is 48.7 Å². The summed E-state index contributed by atoms with van der Waals surface area (Å²) in [5, 5.41) is 3.71. The van der Waals surface area contributed by atoms with Gasteiger partial charge in [0.25, 0.3) is 0 Å². The Hall–Kier alpha value is -3.39. The number of nitrogens with two attached hydrogens (primary N) is 1. The minimum Gasteiger partial charge on any atom is -0.380 e. The number of allylic oxidation sites excluding steroid dienone is 1. The molecule has 2 aromatic heterocycles. The van der Waals surface area contributed by atoms with Gasteiger partial charge in [-0.2, -0.15) is 0 Å². The number of imidazole rings is 1. The molecule has 6 rings (SSSR count). The molecule has 2 fully saturated rings. The van der Waals surface area contributed by atoms with E-state index in [0.29, 0.717) is 23.9 Å². The van der Waals surface area contributed by atoms with Gasteiger partial charge in [0.1, 0.15) is 11.3 Å². The van der Waals surface area contributed by atoms with Gasteiger partial charge in [-0.3, -0.25) is 4.79 Å². The van der Waals surface area contributed by atoms with Gasteiger partial charge in [0.15, 0.2) is 5.65 Å². The van der Waals surface area contributed by atoms with Crippen molar-refractivity contribution in [2.45, 2.75) is 18.9 Å². The van der Waals surface area contributed by atoms with E-state index in [1.165, 1.54) is 5.69 Å². The van der Waals surface area contributed by atoms with Crippen LogP contribution < -0.4 is 16.0 Å². The number of ether oxygens (including phenoxy) is 1. The molecule has 4 atom stereocenters. The van der Waals surface area contributed by atoms with E-state index >= 15 is 0 Å². The number of rotatable bonds is 6. The molecular weight excluding hydrogens is 416 g/mol. The summed E-state index contributed by atoms with van der Waals surface area (Å²) in [6.45, 7) is 3.29. The number of hydrogen-bond acceptors (Lipinski definition) is 6. The topological polar surface area (TPSA) is 109 Å². The van der Waals surface area contributed by atoms with Crippen molar-refractivity contribution in [3.63, 3.8) is 0 Å². The first kappa shape index (κ1) is 20.2. The van der Waals surface area contributed by atoms with Gasteiger partial charge in [-0.15, -0.1) is 0 Å². The molecule has 0 radical (unpaired) electrons. The van der Waals surface area contributed by atoms with Gasteiger partial charge in [-0.05, 0) is 42.4 Å². The number of aromatic amines is 1. The summed E-state index contributed by atoms with van der Waals surface area (Å²) in [7, 11) is 0. The zero-order valence-corrected chi connectivity index (χ0v) is 18.4. The molecule has 1 aromatic carbocycles. The van der Waals surface area contributed by atoms with Crippen LogP contribution in [0.4, 0.5) is 11.4 Å². The lowest BCUT2D eigenvalue weighted by Gasteiger charge is -2.29. The van der Waals surface area contributed by atoms with Gasteiger partial charge in [0, 0.05) is 43.0 Å². The summed E-state index contributed by atoms with van der Waals surface area (Å²) in [4.78, 5) is 26.8. The van der Waals surface area contributed by atoms with Crippen LogP contribution in [0.1, 0.15) is 12.8 Å². The van der Waals surface area contributed by atoms with Crippen LogP contribution in [0.5, 0.6) is 0 Å². The summed E-state index contributed by atoms with van der Waals surface area (Å²) < 4.78 is 5.49. The normalized spacial score (nSPS) is 26.2. The number of nitrogens with one attached hydrogen (secondary N) is 2. The van der Waals surface area contributed by atoms with E-state index in [1.807, 2.05) is 6.07 Å². The zero-order valence-electron chi connectivity index (χ0n) is 18.4. The van der Waals surface area contributed by atoms with Crippen molar-refractivity contribution in [2.75, 3.05) is 36.5 Å². The third kappa shape index (κ3) is 3.74. The number of carbonyl (C=O) groups is 1. The van der Waals surface area contributed by atoms with Crippen LogP contribution >= 0.6 is 0 Å². The smallest absolute Gasteiger partial charge is 0.217 e. The second kappa shape index (κ2) is 8.19. The van der Waals surface area contributed by atoms with E-state index in [2.05, 4.69) is 56.6 Å². The summed E-state index contributed by atoms with van der Waals surface area (Å²) in [5.41, 5.74) is 10.3. The molecule has 170 valence electrons. The highest BCUT2D eigenvalue weighted by atomic mass is 16.5. The van der Waals surface area contributed by atoms with Crippen molar-refractivity contribution in [1.82, 2.24) is 15.0 Å². The van der Waals surface area contributed by atoms with Gasteiger partial charge in [0.2, 0.25) is 5.91 Å². The van der Waals surface area contributed by atoms with E-state index in [0.717, 1.165) is 55.3 Å². The molecule has 4 unspecified atom stereocenters. The number of aromatic nitrogens is 3. The zero-order chi connectivity index (χ0) is 22.4. The quantitative estimate of drug-likeness (QED) is 0.505. The molecule has 1 saturated heterocycles. The van der Waals surface area contributed by atoms with Crippen LogP contribution in [0.3, 0.4) is 0 Å². The van der Waals surface area contributed by atoms with Crippen LogP contribution in [0.25, 0.3) is 22.6 Å². The molecule has 2 aliphatic carbocycles. The molecule has 3 aliphatic rings. The van der Waals surface area contributed by atoms with Crippen molar-refractivity contribution < 1.29 is 9.53 Å². The second-order valence-electron chi connectivity index (χ2n) is 9.25. The lowest BCUT2D eigenvalue weighted by molar-refractivity contribution is -0.119. The highest BCUT2D eigenvalue weighted by Gasteiger charge is 2.45. The van der Waals surface area contributed by atoms with Gasteiger partial charge < -0.3 is 25.7 Å². The largest absolute Gasteiger partial charge is 0.380 e. The van der Waals surface area contributed by atoms with E-state index in [1.54, 1.807) is 6.20 Å². The first-order valence-electron chi connectivity index (χ1n) is 11.7. The number of H-pyrrole nitrogens is 1. The Morgan fingerprint density at radius 1 is 1.21 bits per heavy atom. The van der Waals surface area contributed by atoms with Gasteiger partial charge >= 0.3 is 0 Å². The van der Waals surface area contributed by atoms with Crippen LogP contribution in [-0.2, 0) is 9.53 Å². The summed E-state index contributed by atoms with van der Waals surface area (Å²) in [6, 6.07) is 10.6. The Morgan fingerprint density at radius 3 is 2.91 bits per heavy atom. The van der Waals surface area contributed by atoms with Gasteiger partial charge in [-0.25, -0.2) is 9.97 Å². The average molecular weight is 445 g/mol. The van der Waals surface area contributed by atoms with Crippen LogP contribution in [0.15, 0.2) is 48.7 Å². The molecule has 8 nitrogen and oxygen atoms in total. The third-order valence-electron chi connectivity index (χ3n) is 7.27. The second-order valence-corrected chi connectivity index (χ2v) is 9.25. The highest BCUT2D eigenvalue weighted by Crippen LogP contribution is 2.46.